The predicted octanol–water partition coefficient (Wildman–Crippen LogP) is -0.363. The molecule has 1 aromatic carbocycles. The third-order valence-corrected chi connectivity index (χ3v) is 4.21. The van der Waals surface area contributed by atoms with Crippen LogP contribution in [0, 0.1) is 11.6 Å². The summed E-state index contributed by atoms with van der Waals surface area (Å²) in [5, 5.41) is 8.63. The number of hydrogen-bond donors (Lipinski definition) is 2. The molecule has 2 N–H and O–H groups in total. The third-order valence-electron chi connectivity index (χ3n) is 4.21. The highest BCUT2D eigenvalue weighted by atomic mass is 19.1. The highest BCUT2D eigenvalue weighted by Crippen LogP contribution is 2.20. The normalized spacial score (nSPS) is 16.1. The lowest BCUT2D eigenvalue weighted by molar-refractivity contribution is -0.127. The van der Waals surface area contributed by atoms with E-state index in [0.717, 1.165) is 23.1 Å². The third kappa shape index (κ3) is 3.72. The Hall–Kier alpha value is -3.08. The summed E-state index contributed by atoms with van der Waals surface area (Å²) in [6, 6.07) is 1.40. The van der Waals surface area contributed by atoms with Crippen LogP contribution in [0.25, 0.3) is 0 Å². The number of aromatic amines is 1. The van der Waals surface area contributed by atoms with Crippen LogP contribution in [-0.2, 0) is 22.6 Å². The number of carbonyl (C=O) groups is 2. The number of aromatic nitrogens is 3. The van der Waals surface area contributed by atoms with Crippen molar-refractivity contribution in [1.82, 2.24) is 25.0 Å². The molecule has 11 heteroatoms. The van der Waals surface area contributed by atoms with Crippen molar-refractivity contribution in [3.8, 4) is 0 Å². The lowest BCUT2D eigenvalue weighted by Crippen LogP contribution is -2.55. The molecule has 0 spiro atoms. The molecule has 9 nitrogen and oxygen atoms in total. The number of fused-ring (bicyclic) bond motifs is 1. The van der Waals surface area contributed by atoms with Crippen LogP contribution in [0.2, 0.25) is 0 Å². The first-order chi connectivity index (χ1) is 12.9. The van der Waals surface area contributed by atoms with Crippen LogP contribution in [0.1, 0.15) is 16.2 Å². The van der Waals surface area contributed by atoms with Crippen molar-refractivity contribution in [1.29, 1.82) is 0 Å². The van der Waals surface area contributed by atoms with Gasteiger partial charge < -0.3 is 15.0 Å². The van der Waals surface area contributed by atoms with E-state index in [4.69, 9.17) is 4.74 Å². The van der Waals surface area contributed by atoms with E-state index in [9.17, 15) is 23.2 Å². The molecule has 0 saturated carbocycles. The van der Waals surface area contributed by atoms with Crippen molar-refractivity contribution >= 4 is 11.8 Å². The summed E-state index contributed by atoms with van der Waals surface area (Å²) in [4.78, 5) is 38.2. The molecule has 1 unspecified atom stereocenters. The molecule has 1 atom stereocenters. The second-order valence-corrected chi connectivity index (χ2v) is 5.91. The maximum atomic E-state index is 14.0. The topological polar surface area (TPSA) is 109 Å². The number of carbonyl (C=O) groups excluding carboxylic acids is 2. The number of nitrogens with zero attached hydrogens (tertiary/aromatic N) is 3. The molecule has 1 aromatic heterocycles. The Bertz CT molecular complexity index is 926. The number of benzene rings is 1. The molecule has 0 aliphatic carbocycles. The highest BCUT2D eigenvalue weighted by molar-refractivity contribution is 5.97. The van der Waals surface area contributed by atoms with Crippen LogP contribution in [-0.4, -0.2) is 57.8 Å². The maximum Gasteiger partial charge on any atom is 0.343 e. The van der Waals surface area contributed by atoms with Crippen LogP contribution >= 0.6 is 0 Å². The quantitative estimate of drug-likeness (QED) is 0.688. The van der Waals surface area contributed by atoms with Crippen LogP contribution in [0.3, 0.4) is 0 Å². The van der Waals surface area contributed by atoms with E-state index in [-0.39, 0.29) is 32.1 Å². The van der Waals surface area contributed by atoms with Crippen molar-refractivity contribution in [2.24, 2.45) is 0 Å². The molecule has 3 rings (SSSR count). The van der Waals surface area contributed by atoms with Gasteiger partial charge in [-0.25, -0.2) is 18.7 Å². The zero-order chi connectivity index (χ0) is 19.6. The lowest BCUT2D eigenvalue weighted by atomic mass is 10.1. The summed E-state index contributed by atoms with van der Waals surface area (Å²) in [5.74, 6) is -2.90. The second kappa shape index (κ2) is 7.66. The average molecular weight is 381 g/mol. The summed E-state index contributed by atoms with van der Waals surface area (Å²) in [6.45, 7) is 0.0687. The molecule has 1 aliphatic heterocycles. The average Bonchev–Trinajstić information content (AvgIpc) is 3.02. The van der Waals surface area contributed by atoms with Gasteiger partial charge >= 0.3 is 5.69 Å². The summed E-state index contributed by atoms with van der Waals surface area (Å²) < 4.78 is 33.6. The van der Waals surface area contributed by atoms with Crippen molar-refractivity contribution in [3.63, 3.8) is 0 Å². The number of nitrogens with one attached hydrogen (secondary N) is 2. The van der Waals surface area contributed by atoms with E-state index in [0.29, 0.717) is 0 Å². The van der Waals surface area contributed by atoms with Gasteiger partial charge in [-0.2, -0.15) is 5.10 Å². The van der Waals surface area contributed by atoms with E-state index >= 15 is 0 Å². The number of ether oxygens (including phenoxy) is 1. The number of rotatable bonds is 5. The molecule has 1 aliphatic rings. The van der Waals surface area contributed by atoms with Crippen molar-refractivity contribution in [2.75, 3.05) is 20.3 Å². The lowest BCUT2D eigenvalue weighted by Gasteiger charge is -2.34. The first-order valence-electron chi connectivity index (χ1n) is 8.09. The van der Waals surface area contributed by atoms with Gasteiger partial charge in [-0.3, -0.25) is 14.2 Å². The number of hydrogen-bond acceptors (Lipinski definition) is 5. The van der Waals surface area contributed by atoms with Crippen LogP contribution in [0.15, 0.2) is 23.0 Å². The van der Waals surface area contributed by atoms with Gasteiger partial charge in [0, 0.05) is 13.7 Å². The van der Waals surface area contributed by atoms with E-state index in [1.54, 1.807) is 0 Å². The van der Waals surface area contributed by atoms with Crippen LogP contribution in [0.4, 0.5) is 8.78 Å². The fourth-order valence-corrected chi connectivity index (χ4v) is 2.84. The minimum atomic E-state index is -1.10. The maximum absolute atomic E-state index is 14.0. The summed E-state index contributed by atoms with van der Waals surface area (Å²) >= 11 is 0. The largest absolute Gasteiger partial charge is 0.383 e. The molecule has 2 amide bonds. The van der Waals surface area contributed by atoms with Crippen molar-refractivity contribution in [3.05, 3.63) is 51.7 Å². The van der Waals surface area contributed by atoms with Gasteiger partial charge in [-0.15, -0.1) is 0 Å². The second-order valence-electron chi connectivity index (χ2n) is 5.91. The Labute approximate surface area is 151 Å². The molecule has 2 aromatic rings. The van der Waals surface area contributed by atoms with Gasteiger partial charge in [0.05, 0.1) is 25.3 Å². The van der Waals surface area contributed by atoms with Crippen LogP contribution < -0.4 is 11.0 Å². The minimum absolute atomic E-state index is 0.161. The monoisotopic (exact) mass is 381 g/mol. The Morgan fingerprint density at radius 1 is 1.41 bits per heavy atom. The number of halogens is 2. The first kappa shape index (κ1) is 18.7. The summed E-state index contributed by atoms with van der Waals surface area (Å²) in [5.41, 5.74) is -1.03. The van der Waals surface area contributed by atoms with Gasteiger partial charge in [-0.1, -0.05) is 0 Å². The molecular weight excluding hydrogens is 364 g/mol. The van der Waals surface area contributed by atoms with E-state index in [2.05, 4.69) is 15.5 Å². The molecule has 27 heavy (non-hydrogen) atoms. The summed E-state index contributed by atoms with van der Waals surface area (Å²) in [6.07, 6.45) is 0. The smallest absolute Gasteiger partial charge is 0.343 e. The predicted molar refractivity (Wildman–Crippen MR) is 87.8 cm³/mol. The standard InChI is InChI=1S/C16H17F2N5O4/c1-27-5-4-19-14(24)12-7-23-13(20-21-16(23)26)8-22(12)15(25)10-6-9(17)2-3-11(10)18/h2-3,6,12H,4-5,7-8H2,1H3,(H,19,24)(H,21,26). The molecule has 0 saturated heterocycles. The number of methoxy groups -OCH3 is 1. The zero-order valence-corrected chi connectivity index (χ0v) is 14.4. The minimum Gasteiger partial charge on any atom is -0.383 e. The van der Waals surface area contributed by atoms with Gasteiger partial charge in [-0.05, 0) is 18.2 Å². The van der Waals surface area contributed by atoms with E-state index < -0.39 is 40.7 Å². The number of H-pyrrole nitrogens is 1. The Kier molecular flexibility index (Phi) is 5.31. The Balaban J connectivity index is 1.93. The van der Waals surface area contributed by atoms with Crippen molar-refractivity contribution in [2.45, 2.75) is 19.1 Å². The Morgan fingerprint density at radius 3 is 2.93 bits per heavy atom. The molecule has 144 valence electrons. The van der Waals surface area contributed by atoms with Gasteiger partial charge in [0.15, 0.2) is 5.82 Å². The Morgan fingerprint density at radius 2 is 2.19 bits per heavy atom. The fourth-order valence-electron chi connectivity index (χ4n) is 2.84. The van der Waals surface area contributed by atoms with E-state index in [1.807, 2.05) is 0 Å². The van der Waals surface area contributed by atoms with Gasteiger partial charge in [0.2, 0.25) is 5.91 Å². The summed E-state index contributed by atoms with van der Waals surface area (Å²) in [7, 11) is 1.46. The molecule has 0 bridgehead atoms. The van der Waals surface area contributed by atoms with Gasteiger partial charge in [0.25, 0.3) is 5.91 Å². The molecule has 0 radical (unpaired) electrons. The first-order valence-corrected chi connectivity index (χ1v) is 8.09. The van der Waals surface area contributed by atoms with Crippen molar-refractivity contribution < 1.29 is 23.1 Å². The number of amides is 2. The zero-order valence-electron chi connectivity index (χ0n) is 14.4. The SMILES string of the molecule is COCCNC(=O)C1Cn2c(n[nH]c2=O)CN1C(=O)c1cc(F)ccc1F. The molecule has 0 fully saturated rings. The van der Waals surface area contributed by atoms with E-state index in [1.165, 1.54) is 11.7 Å². The van der Waals surface area contributed by atoms with Crippen LogP contribution in [0.5, 0.6) is 0 Å². The highest BCUT2D eigenvalue weighted by Gasteiger charge is 2.37. The fraction of sp³-hybridized carbons (Fsp3) is 0.375. The molecule has 2 heterocycles. The van der Waals surface area contributed by atoms with Gasteiger partial charge in [0.1, 0.15) is 17.7 Å². The molecular formula is C16H17F2N5O4.